The summed E-state index contributed by atoms with van der Waals surface area (Å²) in [7, 11) is 0. The first-order valence-corrected chi connectivity index (χ1v) is 11.9. The van der Waals surface area contributed by atoms with Crippen LogP contribution in [0.15, 0.2) is 53.5 Å². The average Bonchev–Trinajstić information content (AvgIpc) is 3.49. The third-order valence-corrected chi connectivity index (χ3v) is 6.97. The predicted molar refractivity (Wildman–Crippen MR) is 123 cm³/mol. The molecule has 5 rings (SSSR count). The third kappa shape index (κ3) is 5.19. The van der Waals surface area contributed by atoms with Crippen LogP contribution in [-0.4, -0.2) is 32.5 Å². The highest BCUT2D eigenvalue weighted by Gasteiger charge is 2.51. The van der Waals surface area contributed by atoms with Gasteiger partial charge in [-0.3, -0.25) is 14.2 Å². The number of hydrogen-bond acceptors (Lipinski definition) is 5. The van der Waals surface area contributed by atoms with Gasteiger partial charge in [-0.15, -0.1) is 0 Å². The molecule has 0 spiro atoms. The molecule has 1 saturated heterocycles. The molecule has 1 N–H and O–H groups in total. The summed E-state index contributed by atoms with van der Waals surface area (Å²) in [6, 6.07) is 5.08. The zero-order valence-corrected chi connectivity index (χ0v) is 19.9. The number of piperidine rings is 1. The molecule has 1 aliphatic carbocycles. The molecule has 1 aliphatic heterocycles. The van der Waals surface area contributed by atoms with Gasteiger partial charge in [-0.05, 0) is 61.6 Å². The normalized spacial score (nSPS) is 20.9. The number of amides is 1. The van der Waals surface area contributed by atoms with Gasteiger partial charge in [-0.2, -0.15) is 26.3 Å². The Morgan fingerprint density at radius 3 is 2.38 bits per heavy atom. The van der Waals surface area contributed by atoms with Crippen LogP contribution in [0.1, 0.15) is 36.3 Å². The Bertz CT molecular complexity index is 1420. The fraction of sp³-hybridized carbons (Fsp3) is 0.360. The molecule has 2 bridgehead atoms. The Labute approximate surface area is 216 Å². The summed E-state index contributed by atoms with van der Waals surface area (Å²) in [5, 5.41) is 2.61. The fourth-order valence-corrected chi connectivity index (χ4v) is 5.32. The third-order valence-electron chi connectivity index (χ3n) is 6.97. The summed E-state index contributed by atoms with van der Waals surface area (Å²) in [5.41, 5.74) is -3.44. The van der Waals surface area contributed by atoms with E-state index in [1.54, 1.807) is 0 Å². The molecular formula is C25H20F7N5O2. The van der Waals surface area contributed by atoms with Crippen molar-refractivity contribution in [2.45, 2.75) is 50.2 Å². The van der Waals surface area contributed by atoms with Crippen molar-refractivity contribution in [2.75, 3.05) is 4.90 Å². The summed E-state index contributed by atoms with van der Waals surface area (Å²) in [6.45, 7) is -0.280. The Balaban J connectivity index is 1.45. The van der Waals surface area contributed by atoms with Crippen LogP contribution < -0.4 is 15.8 Å². The maximum Gasteiger partial charge on any atom is 0.433 e. The Hall–Kier alpha value is -3.97. The molecular weight excluding hydrogens is 535 g/mol. The minimum atomic E-state index is -5.13. The first-order chi connectivity index (χ1) is 18.3. The minimum absolute atomic E-state index is 0.0529. The SMILES string of the molecule is O=C(NCc1nccc(=O)n1-c1ccc(F)cc1)[C@@H]1[C@H]2CC[C@H](C2)N1c1cc(C(F)(F)F)cc(C(F)(F)F)n1. The molecule has 14 heteroatoms. The van der Waals surface area contributed by atoms with E-state index in [0.29, 0.717) is 25.3 Å². The minimum Gasteiger partial charge on any atom is -0.347 e. The van der Waals surface area contributed by atoms with Crippen molar-refractivity contribution in [2.24, 2.45) is 5.92 Å². The lowest BCUT2D eigenvalue weighted by Crippen LogP contribution is -2.51. The van der Waals surface area contributed by atoms with E-state index in [1.807, 2.05) is 0 Å². The van der Waals surface area contributed by atoms with Crippen LogP contribution in [0.25, 0.3) is 5.69 Å². The molecule has 0 radical (unpaired) electrons. The summed E-state index contributed by atoms with van der Waals surface area (Å²) in [6.07, 6.45) is -7.51. The van der Waals surface area contributed by atoms with E-state index < -0.39 is 58.8 Å². The van der Waals surface area contributed by atoms with E-state index in [9.17, 15) is 40.3 Å². The molecule has 206 valence electrons. The number of carbonyl (C=O) groups is 1. The summed E-state index contributed by atoms with van der Waals surface area (Å²) in [5.74, 6) is -1.99. The van der Waals surface area contributed by atoms with E-state index in [1.165, 1.54) is 29.3 Å². The van der Waals surface area contributed by atoms with Crippen molar-refractivity contribution in [3.63, 3.8) is 0 Å². The van der Waals surface area contributed by atoms with E-state index >= 15 is 0 Å². The number of rotatable bonds is 5. The first-order valence-electron chi connectivity index (χ1n) is 11.9. The zero-order valence-electron chi connectivity index (χ0n) is 19.9. The number of halogens is 7. The van der Waals surface area contributed by atoms with E-state index in [2.05, 4.69) is 15.3 Å². The topological polar surface area (TPSA) is 80.1 Å². The van der Waals surface area contributed by atoms with Crippen LogP contribution in [0.2, 0.25) is 0 Å². The van der Waals surface area contributed by atoms with Gasteiger partial charge in [0.25, 0.3) is 5.56 Å². The second-order valence-corrected chi connectivity index (χ2v) is 9.40. The van der Waals surface area contributed by atoms with E-state index in [0.717, 1.165) is 16.7 Å². The van der Waals surface area contributed by atoms with Gasteiger partial charge in [-0.25, -0.2) is 14.4 Å². The first kappa shape index (κ1) is 26.6. The quantitative estimate of drug-likeness (QED) is 0.470. The number of hydrogen-bond donors (Lipinski definition) is 1. The molecule has 2 aromatic heterocycles. The van der Waals surface area contributed by atoms with Crippen LogP contribution in [0.4, 0.5) is 36.6 Å². The largest absolute Gasteiger partial charge is 0.433 e. The monoisotopic (exact) mass is 555 g/mol. The number of benzene rings is 1. The smallest absolute Gasteiger partial charge is 0.347 e. The number of anilines is 1. The van der Waals surface area contributed by atoms with Gasteiger partial charge >= 0.3 is 12.4 Å². The van der Waals surface area contributed by atoms with Crippen molar-refractivity contribution >= 4 is 11.7 Å². The van der Waals surface area contributed by atoms with Crippen molar-refractivity contribution in [3.8, 4) is 5.69 Å². The molecule has 3 aromatic rings. The second kappa shape index (κ2) is 9.65. The summed E-state index contributed by atoms with van der Waals surface area (Å²) >= 11 is 0. The lowest BCUT2D eigenvalue weighted by Gasteiger charge is -2.36. The van der Waals surface area contributed by atoms with Crippen LogP contribution >= 0.6 is 0 Å². The van der Waals surface area contributed by atoms with Crippen molar-refractivity contribution in [1.29, 1.82) is 0 Å². The van der Waals surface area contributed by atoms with Crippen molar-refractivity contribution < 1.29 is 35.5 Å². The van der Waals surface area contributed by atoms with Crippen LogP contribution in [-0.2, 0) is 23.7 Å². The second-order valence-electron chi connectivity index (χ2n) is 9.40. The molecule has 7 nitrogen and oxygen atoms in total. The molecule has 2 fully saturated rings. The van der Waals surface area contributed by atoms with Crippen LogP contribution in [0, 0.1) is 11.7 Å². The Morgan fingerprint density at radius 2 is 1.72 bits per heavy atom. The van der Waals surface area contributed by atoms with Crippen molar-refractivity contribution in [3.05, 3.63) is 81.9 Å². The fourth-order valence-electron chi connectivity index (χ4n) is 5.32. The maximum absolute atomic E-state index is 13.5. The molecule has 0 unspecified atom stereocenters. The van der Waals surface area contributed by atoms with Crippen molar-refractivity contribution in [1.82, 2.24) is 19.9 Å². The molecule has 39 heavy (non-hydrogen) atoms. The zero-order chi connectivity index (χ0) is 28.1. The van der Waals surface area contributed by atoms with E-state index in [-0.39, 0.29) is 30.0 Å². The lowest BCUT2D eigenvalue weighted by atomic mass is 9.97. The van der Waals surface area contributed by atoms with Gasteiger partial charge in [0.05, 0.1) is 17.8 Å². The molecule has 3 atom stereocenters. The molecule has 3 heterocycles. The van der Waals surface area contributed by atoms with Gasteiger partial charge in [0, 0.05) is 18.3 Å². The number of aromatic nitrogens is 3. The van der Waals surface area contributed by atoms with Gasteiger partial charge in [0.1, 0.15) is 29.2 Å². The summed E-state index contributed by atoms with van der Waals surface area (Å²) in [4.78, 5) is 34.7. The van der Waals surface area contributed by atoms with Gasteiger partial charge in [-0.1, -0.05) is 0 Å². The van der Waals surface area contributed by atoms with Gasteiger partial charge in [0.15, 0.2) is 0 Å². The van der Waals surface area contributed by atoms with Gasteiger partial charge < -0.3 is 10.2 Å². The predicted octanol–water partition coefficient (Wildman–Crippen LogP) is 4.48. The highest BCUT2D eigenvalue weighted by atomic mass is 19.4. The van der Waals surface area contributed by atoms with E-state index in [4.69, 9.17) is 0 Å². The number of pyridine rings is 1. The Kier molecular flexibility index (Phi) is 6.59. The standard InChI is InChI=1S/C25H20F7N5O2/c26-15-2-5-16(6-3-15)36-20(33-8-7-21(36)38)12-34-23(39)22-13-1-4-17(9-13)37(22)19-11-14(24(27,28)29)10-18(35-19)25(30,31)32/h2-3,5-8,10-11,13,17,22H,1,4,9,12H2,(H,34,39)/t13-,17+,22-/m0/s1. The number of fused-ring (bicyclic) bond motifs is 2. The maximum atomic E-state index is 13.5. The highest BCUT2D eigenvalue weighted by Crippen LogP contribution is 2.46. The molecule has 1 amide bonds. The Morgan fingerprint density at radius 1 is 1.00 bits per heavy atom. The number of carbonyl (C=O) groups excluding carboxylic acids is 1. The number of nitrogens with zero attached hydrogens (tertiary/aromatic N) is 4. The number of alkyl halides is 6. The summed E-state index contributed by atoms with van der Waals surface area (Å²) < 4.78 is 95.2. The number of nitrogens with one attached hydrogen (secondary N) is 1. The molecule has 2 aliphatic rings. The average molecular weight is 555 g/mol. The highest BCUT2D eigenvalue weighted by molar-refractivity contribution is 5.86. The molecule has 1 saturated carbocycles. The van der Waals surface area contributed by atoms with Crippen LogP contribution in [0.5, 0.6) is 0 Å². The van der Waals surface area contributed by atoms with Gasteiger partial charge in [0.2, 0.25) is 5.91 Å². The van der Waals surface area contributed by atoms with Crippen LogP contribution in [0.3, 0.4) is 0 Å². The molecule has 1 aromatic carbocycles. The lowest BCUT2D eigenvalue weighted by molar-refractivity contribution is -0.145.